The molecular weight excluding hydrogens is 310 g/mol. The van der Waals surface area contributed by atoms with Crippen molar-refractivity contribution in [2.45, 2.75) is 22.8 Å². The molecule has 0 aromatic carbocycles. The molecule has 0 radical (unpaired) electrons. The molecule has 0 aliphatic rings. The summed E-state index contributed by atoms with van der Waals surface area (Å²) in [6.07, 6.45) is 0.331. The lowest BCUT2D eigenvalue weighted by Crippen LogP contribution is -2.33. The summed E-state index contributed by atoms with van der Waals surface area (Å²) >= 11 is 0.992. The van der Waals surface area contributed by atoms with Gasteiger partial charge in [-0.1, -0.05) is 0 Å². The summed E-state index contributed by atoms with van der Waals surface area (Å²) < 4.78 is 47.4. The van der Waals surface area contributed by atoms with E-state index in [1.54, 1.807) is 12.1 Å². The van der Waals surface area contributed by atoms with Crippen LogP contribution in [0.1, 0.15) is 11.8 Å². The zero-order valence-electron chi connectivity index (χ0n) is 10.0. The van der Waals surface area contributed by atoms with Gasteiger partial charge in [-0.25, -0.2) is 26.7 Å². The standard InChI is InChI=1S/C9H13N3O4S3/c1-7(6-10)19(15,16)12-5-4-8-2-3-9(17-8)18(11,13)14/h2-3,7,12H,4-5H2,1H3,(H2,11,13,14). The van der Waals surface area contributed by atoms with Crippen molar-refractivity contribution in [3.63, 3.8) is 0 Å². The first-order valence-corrected chi connectivity index (χ1v) is 9.07. The summed E-state index contributed by atoms with van der Waals surface area (Å²) in [7, 11) is -7.37. The number of hydrogen-bond donors (Lipinski definition) is 2. The van der Waals surface area contributed by atoms with Crippen LogP contribution < -0.4 is 9.86 Å². The number of rotatable bonds is 6. The van der Waals surface area contributed by atoms with Gasteiger partial charge in [0.15, 0.2) is 5.25 Å². The van der Waals surface area contributed by atoms with Gasteiger partial charge in [-0.05, 0) is 25.5 Å². The third-order valence-electron chi connectivity index (χ3n) is 2.24. The maximum Gasteiger partial charge on any atom is 0.247 e. The van der Waals surface area contributed by atoms with Crippen molar-refractivity contribution >= 4 is 31.4 Å². The van der Waals surface area contributed by atoms with Crippen molar-refractivity contribution in [1.29, 1.82) is 5.26 Å². The minimum absolute atomic E-state index is 0.0377. The highest BCUT2D eigenvalue weighted by atomic mass is 32.2. The van der Waals surface area contributed by atoms with Crippen LogP contribution in [-0.2, 0) is 26.5 Å². The van der Waals surface area contributed by atoms with Crippen LogP contribution in [0.5, 0.6) is 0 Å². The molecule has 0 saturated heterocycles. The van der Waals surface area contributed by atoms with E-state index in [1.807, 2.05) is 0 Å². The lowest BCUT2D eigenvalue weighted by Gasteiger charge is -2.06. The molecular formula is C9H13N3O4S3. The molecule has 1 unspecified atom stereocenters. The molecule has 1 heterocycles. The van der Waals surface area contributed by atoms with Gasteiger partial charge in [-0.3, -0.25) is 0 Å². The highest BCUT2D eigenvalue weighted by molar-refractivity contribution is 7.91. The van der Waals surface area contributed by atoms with Crippen molar-refractivity contribution in [2.24, 2.45) is 5.14 Å². The summed E-state index contributed by atoms with van der Waals surface area (Å²) in [4.78, 5) is 0.691. The molecule has 1 rings (SSSR count). The number of nitrogens with two attached hydrogens (primary N) is 1. The second kappa shape index (κ2) is 5.98. The topological polar surface area (TPSA) is 130 Å². The maximum absolute atomic E-state index is 11.5. The fraction of sp³-hybridized carbons (Fsp3) is 0.444. The summed E-state index contributed by atoms with van der Waals surface area (Å²) in [5.74, 6) is 0. The van der Waals surface area contributed by atoms with E-state index >= 15 is 0 Å². The predicted octanol–water partition coefficient (Wildman–Crippen LogP) is -0.231. The van der Waals surface area contributed by atoms with E-state index in [1.165, 1.54) is 13.0 Å². The first-order valence-electron chi connectivity index (χ1n) is 5.16. The largest absolute Gasteiger partial charge is 0.247 e. The second-order valence-corrected chi connectivity index (χ2v) is 8.77. The van der Waals surface area contributed by atoms with E-state index in [0.717, 1.165) is 11.3 Å². The van der Waals surface area contributed by atoms with Crippen molar-refractivity contribution in [1.82, 2.24) is 4.72 Å². The Hall–Kier alpha value is -0.990. The number of sulfonamides is 2. The Morgan fingerprint density at radius 3 is 2.53 bits per heavy atom. The first-order chi connectivity index (χ1) is 8.66. The van der Waals surface area contributed by atoms with Gasteiger partial charge in [0.05, 0.1) is 6.07 Å². The van der Waals surface area contributed by atoms with Gasteiger partial charge in [0, 0.05) is 11.4 Å². The predicted molar refractivity (Wildman–Crippen MR) is 71.4 cm³/mol. The number of nitriles is 1. The highest BCUT2D eigenvalue weighted by Gasteiger charge is 2.19. The molecule has 7 nitrogen and oxygen atoms in total. The summed E-state index contributed by atoms with van der Waals surface area (Å²) in [6, 6.07) is 4.59. The van der Waals surface area contributed by atoms with E-state index in [-0.39, 0.29) is 10.8 Å². The molecule has 1 aromatic rings. The summed E-state index contributed by atoms with van der Waals surface area (Å²) in [6.45, 7) is 1.38. The fourth-order valence-electron chi connectivity index (χ4n) is 1.16. The zero-order chi connectivity index (χ0) is 14.7. The normalized spacial score (nSPS) is 13.9. The van der Waals surface area contributed by atoms with Gasteiger partial charge in [0.25, 0.3) is 0 Å². The molecule has 0 aliphatic carbocycles. The van der Waals surface area contributed by atoms with Gasteiger partial charge in [0.2, 0.25) is 20.0 Å². The minimum atomic E-state index is -3.72. The fourth-order valence-corrected chi connectivity index (χ4v) is 3.71. The molecule has 3 N–H and O–H groups in total. The molecule has 19 heavy (non-hydrogen) atoms. The summed E-state index contributed by atoms with van der Waals surface area (Å²) in [5.41, 5.74) is 0. The number of nitrogens with zero attached hydrogens (tertiary/aromatic N) is 1. The van der Waals surface area contributed by atoms with Crippen LogP contribution in [-0.4, -0.2) is 28.6 Å². The third kappa shape index (κ3) is 4.55. The zero-order valence-corrected chi connectivity index (χ0v) is 12.5. The molecule has 0 saturated carbocycles. The molecule has 0 aliphatic heterocycles. The van der Waals surface area contributed by atoms with E-state index < -0.39 is 25.3 Å². The van der Waals surface area contributed by atoms with Gasteiger partial charge < -0.3 is 0 Å². The molecule has 0 spiro atoms. The Balaban J connectivity index is 2.61. The van der Waals surface area contributed by atoms with E-state index in [9.17, 15) is 16.8 Å². The Bertz CT molecular complexity index is 685. The number of hydrogen-bond acceptors (Lipinski definition) is 6. The van der Waals surface area contributed by atoms with Crippen molar-refractivity contribution in [3.05, 3.63) is 17.0 Å². The van der Waals surface area contributed by atoms with Crippen molar-refractivity contribution in [2.75, 3.05) is 6.54 Å². The molecule has 106 valence electrons. The molecule has 0 amide bonds. The van der Waals surface area contributed by atoms with Crippen LogP contribution in [0.15, 0.2) is 16.3 Å². The lowest BCUT2D eigenvalue weighted by atomic mass is 10.3. The monoisotopic (exact) mass is 323 g/mol. The molecule has 0 fully saturated rings. The van der Waals surface area contributed by atoms with Crippen LogP contribution in [0.2, 0.25) is 0 Å². The smallest absolute Gasteiger partial charge is 0.224 e. The number of primary sulfonamides is 1. The third-order valence-corrected chi connectivity index (χ3v) is 6.47. The van der Waals surface area contributed by atoms with Gasteiger partial charge in [-0.15, -0.1) is 11.3 Å². The quantitative estimate of drug-likeness (QED) is 0.746. The van der Waals surface area contributed by atoms with Gasteiger partial charge in [-0.2, -0.15) is 5.26 Å². The van der Waals surface area contributed by atoms with Crippen LogP contribution in [0.4, 0.5) is 0 Å². The Kier molecular flexibility index (Phi) is 5.05. The van der Waals surface area contributed by atoms with Crippen LogP contribution in [0, 0.1) is 11.3 Å². The molecule has 0 bridgehead atoms. The van der Waals surface area contributed by atoms with Crippen LogP contribution >= 0.6 is 11.3 Å². The van der Waals surface area contributed by atoms with E-state index in [0.29, 0.717) is 11.3 Å². The summed E-state index contributed by atoms with van der Waals surface area (Å²) in [5, 5.41) is 12.4. The Labute approximate surface area is 116 Å². The first kappa shape index (κ1) is 16.1. The average Bonchev–Trinajstić information content (AvgIpc) is 2.76. The van der Waals surface area contributed by atoms with Gasteiger partial charge >= 0.3 is 0 Å². The van der Waals surface area contributed by atoms with Crippen molar-refractivity contribution in [3.8, 4) is 6.07 Å². The highest BCUT2D eigenvalue weighted by Crippen LogP contribution is 2.20. The number of thiophene rings is 1. The van der Waals surface area contributed by atoms with Gasteiger partial charge in [0.1, 0.15) is 4.21 Å². The van der Waals surface area contributed by atoms with Crippen LogP contribution in [0.25, 0.3) is 0 Å². The lowest BCUT2D eigenvalue weighted by molar-refractivity contribution is 0.577. The molecule has 1 aromatic heterocycles. The average molecular weight is 323 g/mol. The maximum atomic E-state index is 11.5. The second-order valence-electron chi connectivity index (χ2n) is 3.73. The molecule has 10 heteroatoms. The van der Waals surface area contributed by atoms with E-state index in [2.05, 4.69) is 4.72 Å². The SMILES string of the molecule is CC(C#N)S(=O)(=O)NCCc1ccc(S(N)(=O)=O)s1. The van der Waals surface area contributed by atoms with Crippen molar-refractivity contribution < 1.29 is 16.8 Å². The van der Waals surface area contributed by atoms with E-state index in [4.69, 9.17) is 10.4 Å². The molecule has 1 atom stereocenters. The van der Waals surface area contributed by atoms with Crippen LogP contribution in [0.3, 0.4) is 0 Å². The number of nitrogens with one attached hydrogen (secondary N) is 1. The Morgan fingerprint density at radius 1 is 1.42 bits per heavy atom. The minimum Gasteiger partial charge on any atom is -0.224 e. The Morgan fingerprint density at radius 2 is 2.05 bits per heavy atom.